The number of halogens is 1. The number of morpholine rings is 1. The first kappa shape index (κ1) is 11.4. The molecule has 2 rings (SSSR count). The highest BCUT2D eigenvalue weighted by Crippen LogP contribution is 2.33. The number of phenols is 1. The summed E-state index contributed by atoms with van der Waals surface area (Å²) in [6.07, 6.45) is 0. The van der Waals surface area contributed by atoms with E-state index in [1.165, 1.54) is 0 Å². The minimum Gasteiger partial charge on any atom is -0.506 e. The highest BCUT2D eigenvalue weighted by Gasteiger charge is 2.20. The van der Waals surface area contributed by atoms with Gasteiger partial charge in [0.05, 0.1) is 35.4 Å². The zero-order chi connectivity index (χ0) is 11.5. The first-order chi connectivity index (χ1) is 7.72. The fraction of sp³-hybridized carbons (Fsp3) is 0.364. The standard InChI is InChI=1S/C11H11BrN2O2/c12-9-4-7(5-13)3-8(11(9)15)10-6-16-2-1-14-10/h3-4,10,14-15H,1-2,6H2/t10-/m1/s1. The molecule has 0 spiro atoms. The molecular weight excluding hydrogens is 272 g/mol. The molecule has 5 heteroatoms. The second kappa shape index (κ2) is 4.83. The summed E-state index contributed by atoms with van der Waals surface area (Å²) >= 11 is 3.23. The first-order valence-corrected chi connectivity index (χ1v) is 5.75. The summed E-state index contributed by atoms with van der Waals surface area (Å²) in [5.74, 6) is 0.169. The van der Waals surface area contributed by atoms with E-state index in [2.05, 4.69) is 27.3 Å². The Morgan fingerprint density at radius 3 is 3.00 bits per heavy atom. The Kier molecular flexibility index (Phi) is 3.44. The third-order valence-corrected chi connectivity index (χ3v) is 3.12. The van der Waals surface area contributed by atoms with Gasteiger partial charge < -0.3 is 15.2 Å². The van der Waals surface area contributed by atoms with Gasteiger partial charge in [0.25, 0.3) is 0 Å². The van der Waals surface area contributed by atoms with E-state index in [9.17, 15) is 5.11 Å². The number of aromatic hydroxyl groups is 1. The van der Waals surface area contributed by atoms with E-state index in [-0.39, 0.29) is 11.8 Å². The molecule has 0 saturated carbocycles. The van der Waals surface area contributed by atoms with Crippen LogP contribution in [0.15, 0.2) is 16.6 Å². The molecule has 0 unspecified atom stereocenters. The van der Waals surface area contributed by atoms with Gasteiger partial charge in [-0.2, -0.15) is 5.26 Å². The summed E-state index contributed by atoms with van der Waals surface area (Å²) < 4.78 is 5.87. The molecule has 1 heterocycles. The lowest BCUT2D eigenvalue weighted by molar-refractivity contribution is 0.0760. The molecular formula is C11H11BrN2O2. The van der Waals surface area contributed by atoms with Gasteiger partial charge in [-0.25, -0.2) is 0 Å². The Hall–Kier alpha value is -1.09. The van der Waals surface area contributed by atoms with Crippen LogP contribution in [-0.2, 0) is 4.74 Å². The van der Waals surface area contributed by atoms with Gasteiger partial charge in [-0.15, -0.1) is 0 Å². The van der Waals surface area contributed by atoms with Crippen LogP contribution in [0.4, 0.5) is 0 Å². The van der Waals surface area contributed by atoms with Crippen LogP contribution < -0.4 is 5.32 Å². The van der Waals surface area contributed by atoms with Crippen LogP contribution in [0, 0.1) is 11.3 Å². The lowest BCUT2D eigenvalue weighted by Crippen LogP contribution is -2.34. The van der Waals surface area contributed by atoms with Crippen LogP contribution in [0.5, 0.6) is 5.75 Å². The van der Waals surface area contributed by atoms with Gasteiger partial charge in [0, 0.05) is 12.1 Å². The lowest BCUT2D eigenvalue weighted by Gasteiger charge is -2.25. The number of benzene rings is 1. The van der Waals surface area contributed by atoms with Gasteiger partial charge in [-0.05, 0) is 28.1 Å². The number of rotatable bonds is 1. The number of nitrogens with zero attached hydrogens (tertiary/aromatic N) is 1. The molecule has 1 atom stereocenters. The Balaban J connectivity index is 2.38. The second-order valence-electron chi connectivity index (χ2n) is 3.59. The number of nitriles is 1. The number of nitrogens with one attached hydrogen (secondary N) is 1. The van der Waals surface area contributed by atoms with Crippen molar-refractivity contribution in [1.82, 2.24) is 5.32 Å². The van der Waals surface area contributed by atoms with E-state index in [0.717, 1.165) is 6.54 Å². The molecule has 2 N–H and O–H groups in total. The summed E-state index contributed by atoms with van der Waals surface area (Å²) in [6.45, 7) is 1.93. The zero-order valence-corrected chi connectivity index (χ0v) is 10.1. The van der Waals surface area contributed by atoms with E-state index in [0.29, 0.717) is 28.8 Å². The maximum Gasteiger partial charge on any atom is 0.134 e. The third-order valence-electron chi connectivity index (χ3n) is 2.52. The smallest absolute Gasteiger partial charge is 0.134 e. The fourth-order valence-corrected chi connectivity index (χ4v) is 2.19. The largest absolute Gasteiger partial charge is 0.506 e. The summed E-state index contributed by atoms with van der Waals surface area (Å²) in [7, 11) is 0. The third kappa shape index (κ3) is 2.19. The summed E-state index contributed by atoms with van der Waals surface area (Å²) in [6, 6.07) is 5.29. The van der Waals surface area contributed by atoms with E-state index in [1.54, 1.807) is 12.1 Å². The molecule has 0 aromatic heterocycles. The summed E-state index contributed by atoms with van der Waals surface area (Å²) in [4.78, 5) is 0. The molecule has 1 aromatic rings. The van der Waals surface area contributed by atoms with Gasteiger partial charge >= 0.3 is 0 Å². The van der Waals surface area contributed by atoms with Crippen molar-refractivity contribution in [2.45, 2.75) is 6.04 Å². The van der Waals surface area contributed by atoms with E-state index in [4.69, 9.17) is 10.00 Å². The topological polar surface area (TPSA) is 65.3 Å². The molecule has 84 valence electrons. The Labute approximate surface area is 102 Å². The van der Waals surface area contributed by atoms with Crippen molar-refractivity contribution in [3.05, 3.63) is 27.7 Å². The Morgan fingerprint density at radius 1 is 1.56 bits per heavy atom. The predicted octanol–water partition coefficient (Wildman–Crippen LogP) is 1.69. The van der Waals surface area contributed by atoms with E-state index in [1.807, 2.05) is 0 Å². The normalized spacial score (nSPS) is 20.4. The van der Waals surface area contributed by atoms with Gasteiger partial charge in [0.15, 0.2) is 0 Å². The maximum atomic E-state index is 9.92. The van der Waals surface area contributed by atoms with Crippen molar-refractivity contribution in [2.75, 3.05) is 19.8 Å². The highest BCUT2D eigenvalue weighted by atomic mass is 79.9. The molecule has 1 saturated heterocycles. The Morgan fingerprint density at radius 2 is 2.38 bits per heavy atom. The average molecular weight is 283 g/mol. The molecule has 1 fully saturated rings. The van der Waals surface area contributed by atoms with Crippen molar-refractivity contribution < 1.29 is 9.84 Å². The first-order valence-electron chi connectivity index (χ1n) is 4.96. The van der Waals surface area contributed by atoms with Crippen LogP contribution in [0.3, 0.4) is 0 Å². The molecule has 0 amide bonds. The number of hydrogen-bond acceptors (Lipinski definition) is 4. The molecule has 4 nitrogen and oxygen atoms in total. The maximum absolute atomic E-state index is 9.92. The van der Waals surface area contributed by atoms with Crippen LogP contribution in [0.1, 0.15) is 17.2 Å². The lowest BCUT2D eigenvalue weighted by atomic mass is 10.0. The SMILES string of the molecule is N#Cc1cc(Br)c(O)c([C@H]2COCCN2)c1. The molecule has 1 aliphatic heterocycles. The molecule has 0 bridgehead atoms. The van der Waals surface area contributed by atoms with Crippen LogP contribution >= 0.6 is 15.9 Å². The highest BCUT2D eigenvalue weighted by molar-refractivity contribution is 9.10. The predicted molar refractivity (Wildman–Crippen MR) is 62.1 cm³/mol. The molecule has 1 aliphatic rings. The van der Waals surface area contributed by atoms with Gasteiger partial charge in [0.2, 0.25) is 0 Å². The van der Waals surface area contributed by atoms with Crippen molar-refractivity contribution >= 4 is 15.9 Å². The summed E-state index contributed by atoms with van der Waals surface area (Å²) in [5, 5.41) is 22.0. The number of hydrogen-bond donors (Lipinski definition) is 2. The van der Waals surface area contributed by atoms with Crippen molar-refractivity contribution in [1.29, 1.82) is 5.26 Å². The average Bonchev–Trinajstić information content (AvgIpc) is 2.33. The Bertz CT molecular complexity index is 436. The van der Waals surface area contributed by atoms with Gasteiger partial charge in [0.1, 0.15) is 5.75 Å². The quantitative estimate of drug-likeness (QED) is 0.823. The van der Waals surface area contributed by atoms with Gasteiger partial charge in [-0.1, -0.05) is 0 Å². The van der Waals surface area contributed by atoms with E-state index >= 15 is 0 Å². The minimum absolute atomic E-state index is 0.0571. The number of phenolic OH excluding ortho intramolecular Hbond substituents is 1. The van der Waals surface area contributed by atoms with Crippen LogP contribution in [0.25, 0.3) is 0 Å². The number of ether oxygens (including phenoxy) is 1. The van der Waals surface area contributed by atoms with Gasteiger partial charge in [-0.3, -0.25) is 0 Å². The van der Waals surface area contributed by atoms with E-state index < -0.39 is 0 Å². The van der Waals surface area contributed by atoms with Crippen LogP contribution in [-0.4, -0.2) is 24.9 Å². The molecule has 1 aromatic carbocycles. The van der Waals surface area contributed by atoms with Crippen molar-refractivity contribution in [3.63, 3.8) is 0 Å². The monoisotopic (exact) mass is 282 g/mol. The van der Waals surface area contributed by atoms with Crippen LogP contribution in [0.2, 0.25) is 0 Å². The fourth-order valence-electron chi connectivity index (χ4n) is 1.72. The molecule has 16 heavy (non-hydrogen) atoms. The molecule has 0 aliphatic carbocycles. The zero-order valence-electron chi connectivity index (χ0n) is 8.53. The summed E-state index contributed by atoms with van der Waals surface area (Å²) in [5.41, 5.74) is 1.22. The van der Waals surface area contributed by atoms with Crippen molar-refractivity contribution in [3.8, 4) is 11.8 Å². The second-order valence-corrected chi connectivity index (χ2v) is 4.44. The van der Waals surface area contributed by atoms with Crippen molar-refractivity contribution in [2.24, 2.45) is 0 Å². The molecule has 0 radical (unpaired) electrons. The minimum atomic E-state index is -0.0571.